The van der Waals surface area contributed by atoms with Crippen LogP contribution in [0.3, 0.4) is 0 Å². The van der Waals surface area contributed by atoms with E-state index in [1.54, 1.807) is 18.2 Å². The zero-order valence-corrected chi connectivity index (χ0v) is 16.6. The lowest BCUT2D eigenvalue weighted by Gasteiger charge is -2.25. The Hall–Kier alpha value is -3.73. The molecule has 3 aromatic rings. The summed E-state index contributed by atoms with van der Waals surface area (Å²) >= 11 is 0. The summed E-state index contributed by atoms with van der Waals surface area (Å²) in [4.78, 5) is 29.8. The maximum absolute atomic E-state index is 14.2. The fourth-order valence-corrected chi connectivity index (χ4v) is 3.70. The van der Waals surface area contributed by atoms with E-state index in [-0.39, 0.29) is 6.54 Å². The topological polar surface area (TPSA) is 40.6 Å². The summed E-state index contributed by atoms with van der Waals surface area (Å²) < 4.78 is 14.2. The Balaban J connectivity index is 1.82. The van der Waals surface area contributed by atoms with Crippen LogP contribution in [0.4, 0.5) is 10.1 Å². The van der Waals surface area contributed by atoms with Crippen molar-refractivity contribution in [1.29, 1.82) is 0 Å². The molecule has 150 valence electrons. The number of nitrogens with zero attached hydrogens (tertiary/aromatic N) is 2. The van der Waals surface area contributed by atoms with Gasteiger partial charge in [-0.15, -0.1) is 0 Å². The highest BCUT2D eigenvalue weighted by Gasteiger charge is 2.41. The summed E-state index contributed by atoms with van der Waals surface area (Å²) in [5.74, 6) is -1.28. The molecule has 1 aliphatic heterocycles. The third-order valence-electron chi connectivity index (χ3n) is 5.15. The number of imide groups is 1. The maximum Gasteiger partial charge on any atom is 0.278 e. The monoisotopic (exact) mass is 400 g/mol. The van der Waals surface area contributed by atoms with Gasteiger partial charge >= 0.3 is 0 Å². The van der Waals surface area contributed by atoms with Gasteiger partial charge in [-0.3, -0.25) is 14.5 Å². The van der Waals surface area contributed by atoms with Crippen LogP contribution in [0.25, 0.3) is 5.57 Å². The molecule has 0 bridgehead atoms. The summed E-state index contributed by atoms with van der Waals surface area (Å²) in [6.45, 7) is 2.32. The molecule has 2 amide bonds. The van der Waals surface area contributed by atoms with E-state index in [4.69, 9.17) is 0 Å². The van der Waals surface area contributed by atoms with Gasteiger partial charge in [0.1, 0.15) is 11.5 Å². The number of benzene rings is 3. The van der Waals surface area contributed by atoms with Gasteiger partial charge in [-0.05, 0) is 30.7 Å². The highest BCUT2D eigenvalue weighted by Crippen LogP contribution is 2.35. The molecule has 0 fully saturated rings. The lowest BCUT2D eigenvalue weighted by atomic mass is 10.0. The Bertz CT molecular complexity index is 1110. The van der Waals surface area contributed by atoms with Crippen LogP contribution in [0.15, 0.2) is 90.6 Å². The average molecular weight is 400 g/mol. The summed E-state index contributed by atoms with van der Waals surface area (Å²) in [6.07, 6.45) is 0. The van der Waals surface area contributed by atoms with Gasteiger partial charge in [0.25, 0.3) is 11.8 Å². The Morgan fingerprint density at radius 3 is 2.03 bits per heavy atom. The van der Waals surface area contributed by atoms with E-state index < -0.39 is 17.6 Å². The summed E-state index contributed by atoms with van der Waals surface area (Å²) in [5, 5.41) is 0. The van der Waals surface area contributed by atoms with Crippen molar-refractivity contribution in [3.63, 3.8) is 0 Å². The number of anilines is 1. The van der Waals surface area contributed by atoms with Crippen LogP contribution in [-0.4, -0.2) is 23.3 Å². The molecule has 0 N–H and O–H groups in total. The SMILES string of the molecule is CCN(C1=C(c2ccccc2)C(=O)N(Cc2ccccc2F)C1=O)c1ccccc1. The standard InChI is InChI=1S/C25H21FN2O2/c1-2-27(20-14-7-4-8-15-20)23-22(18-11-5-3-6-12-18)24(29)28(25(23)30)17-19-13-9-10-16-21(19)26/h3-16H,2,17H2,1H3. The molecule has 1 aliphatic rings. The number of halogens is 1. The first-order chi connectivity index (χ1) is 14.6. The second-order valence-corrected chi connectivity index (χ2v) is 6.96. The summed E-state index contributed by atoms with van der Waals surface area (Å²) in [7, 11) is 0. The van der Waals surface area contributed by atoms with Crippen molar-refractivity contribution in [1.82, 2.24) is 4.90 Å². The smallest absolute Gasteiger partial charge is 0.278 e. The summed E-state index contributed by atoms with van der Waals surface area (Å²) in [6, 6.07) is 24.8. The van der Waals surface area contributed by atoms with Crippen molar-refractivity contribution in [3.05, 3.63) is 108 Å². The Kier molecular flexibility index (Phi) is 5.44. The zero-order chi connectivity index (χ0) is 21.1. The molecule has 4 rings (SSSR count). The molecule has 3 aromatic carbocycles. The van der Waals surface area contributed by atoms with Gasteiger partial charge in [0, 0.05) is 17.8 Å². The Labute approximate surface area is 174 Å². The Morgan fingerprint density at radius 1 is 0.800 bits per heavy atom. The van der Waals surface area contributed by atoms with Crippen LogP contribution in [0.5, 0.6) is 0 Å². The molecule has 0 aliphatic carbocycles. The number of likely N-dealkylation sites (N-methyl/N-ethyl adjacent to an activating group) is 1. The average Bonchev–Trinajstić information content (AvgIpc) is 3.02. The van der Waals surface area contributed by atoms with E-state index >= 15 is 0 Å². The van der Waals surface area contributed by atoms with E-state index in [1.807, 2.05) is 72.5 Å². The largest absolute Gasteiger partial charge is 0.337 e. The van der Waals surface area contributed by atoms with Crippen LogP contribution in [0.1, 0.15) is 18.1 Å². The van der Waals surface area contributed by atoms with Crippen LogP contribution < -0.4 is 4.90 Å². The van der Waals surface area contributed by atoms with Crippen molar-refractivity contribution in [2.24, 2.45) is 0 Å². The van der Waals surface area contributed by atoms with E-state index in [1.165, 1.54) is 6.07 Å². The van der Waals surface area contributed by atoms with Crippen molar-refractivity contribution >= 4 is 23.1 Å². The Morgan fingerprint density at radius 2 is 1.40 bits per heavy atom. The second-order valence-electron chi connectivity index (χ2n) is 6.96. The van der Waals surface area contributed by atoms with Crippen LogP contribution in [0, 0.1) is 5.82 Å². The van der Waals surface area contributed by atoms with Crippen molar-refractivity contribution in [2.45, 2.75) is 13.5 Å². The molecule has 5 heteroatoms. The minimum atomic E-state index is -0.441. The molecule has 0 saturated carbocycles. The molecular weight excluding hydrogens is 379 g/mol. The molecule has 1 heterocycles. The predicted octanol–water partition coefficient (Wildman–Crippen LogP) is 4.63. The molecule has 0 spiro atoms. The molecular formula is C25H21FN2O2. The van der Waals surface area contributed by atoms with Gasteiger partial charge in [0.2, 0.25) is 0 Å². The fourth-order valence-electron chi connectivity index (χ4n) is 3.70. The lowest BCUT2D eigenvalue weighted by molar-refractivity contribution is -0.137. The minimum Gasteiger partial charge on any atom is -0.337 e. The minimum absolute atomic E-state index is 0.115. The highest BCUT2D eigenvalue weighted by atomic mass is 19.1. The first-order valence-corrected chi connectivity index (χ1v) is 9.83. The number of hydrogen-bond acceptors (Lipinski definition) is 3. The molecule has 0 atom stereocenters. The molecule has 4 nitrogen and oxygen atoms in total. The van der Waals surface area contributed by atoms with Gasteiger partial charge < -0.3 is 4.90 Å². The molecule has 30 heavy (non-hydrogen) atoms. The maximum atomic E-state index is 14.2. The predicted molar refractivity (Wildman–Crippen MR) is 115 cm³/mol. The number of hydrogen-bond donors (Lipinski definition) is 0. The van der Waals surface area contributed by atoms with E-state index in [2.05, 4.69) is 0 Å². The van der Waals surface area contributed by atoms with Crippen molar-refractivity contribution < 1.29 is 14.0 Å². The highest BCUT2D eigenvalue weighted by molar-refractivity contribution is 6.36. The number of amides is 2. The van der Waals surface area contributed by atoms with E-state index in [0.717, 1.165) is 10.6 Å². The van der Waals surface area contributed by atoms with E-state index in [0.29, 0.717) is 28.9 Å². The first kappa shape index (κ1) is 19.6. The third-order valence-corrected chi connectivity index (χ3v) is 5.15. The molecule has 0 aromatic heterocycles. The molecule has 0 saturated heterocycles. The van der Waals surface area contributed by atoms with Gasteiger partial charge in [0.05, 0.1) is 12.1 Å². The van der Waals surface area contributed by atoms with Gasteiger partial charge in [-0.25, -0.2) is 4.39 Å². The molecule has 0 radical (unpaired) electrons. The molecule has 0 unspecified atom stereocenters. The third kappa shape index (κ3) is 3.50. The number of carbonyl (C=O) groups is 2. The fraction of sp³-hybridized carbons (Fsp3) is 0.120. The van der Waals surface area contributed by atoms with Crippen LogP contribution in [-0.2, 0) is 16.1 Å². The number of para-hydroxylation sites is 1. The lowest BCUT2D eigenvalue weighted by Crippen LogP contribution is -2.35. The van der Waals surface area contributed by atoms with E-state index in [9.17, 15) is 14.0 Å². The zero-order valence-electron chi connectivity index (χ0n) is 16.6. The van der Waals surface area contributed by atoms with Crippen molar-refractivity contribution in [2.75, 3.05) is 11.4 Å². The normalized spacial score (nSPS) is 13.9. The summed E-state index contributed by atoms with van der Waals surface area (Å²) in [5.41, 5.74) is 2.43. The quantitative estimate of drug-likeness (QED) is 0.567. The first-order valence-electron chi connectivity index (χ1n) is 9.83. The van der Waals surface area contributed by atoms with Crippen LogP contribution in [0.2, 0.25) is 0 Å². The number of rotatable bonds is 6. The second kappa shape index (κ2) is 8.33. The van der Waals surface area contributed by atoms with Crippen molar-refractivity contribution in [3.8, 4) is 0 Å². The van der Waals surface area contributed by atoms with Gasteiger partial charge in [-0.1, -0.05) is 66.7 Å². The number of carbonyl (C=O) groups excluding carboxylic acids is 2. The van der Waals surface area contributed by atoms with Crippen LogP contribution >= 0.6 is 0 Å². The van der Waals surface area contributed by atoms with Gasteiger partial charge in [-0.2, -0.15) is 0 Å². The van der Waals surface area contributed by atoms with Gasteiger partial charge in [0.15, 0.2) is 0 Å².